The number of hydrogen-bond donors (Lipinski definition) is 0. The van der Waals surface area contributed by atoms with Gasteiger partial charge in [-0.2, -0.15) is 0 Å². The van der Waals surface area contributed by atoms with Gasteiger partial charge in [-0.1, -0.05) is 25.5 Å². The van der Waals surface area contributed by atoms with E-state index in [0.29, 0.717) is 5.92 Å². The van der Waals surface area contributed by atoms with Gasteiger partial charge < -0.3 is 28.7 Å². The molecule has 188 valence electrons. The van der Waals surface area contributed by atoms with Crippen LogP contribution in [0.25, 0.3) is 0 Å². The van der Waals surface area contributed by atoms with Crippen LogP contribution >= 0.6 is 0 Å². The fraction of sp³-hybridized carbons (Fsp3) is 0.885. The molecule has 1 unspecified atom stereocenters. The summed E-state index contributed by atoms with van der Waals surface area (Å²) in [6.07, 6.45) is 5.41. The van der Waals surface area contributed by atoms with Crippen LogP contribution in [-0.4, -0.2) is 91.8 Å². The fourth-order valence-electron chi connectivity index (χ4n) is 6.08. The highest BCUT2D eigenvalue weighted by Crippen LogP contribution is 2.59. The molecule has 1 aliphatic carbocycles. The number of ether oxygens (including phenoxy) is 4. The van der Waals surface area contributed by atoms with E-state index in [1.807, 2.05) is 4.90 Å². The number of allylic oxidation sites excluding steroid dienone is 1. The lowest BCUT2D eigenvalue weighted by Crippen LogP contribution is -2.57. The molecule has 0 aromatic carbocycles. The Labute approximate surface area is 199 Å². The van der Waals surface area contributed by atoms with Gasteiger partial charge in [0.25, 0.3) is 0 Å². The number of amides is 1. The van der Waals surface area contributed by atoms with Gasteiger partial charge in [0.05, 0.1) is 18.6 Å². The Balaban J connectivity index is 1.33. The highest BCUT2D eigenvalue weighted by molar-refractivity contribution is 5.69. The second-order valence-electron chi connectivity index (χ2n) is 10.9. The lowest BCUT2D eigenvalue weighted by molar-refractivity contribution is -0.124. The summed E-state index contributed by atoms with van der Waals surface area (Å²) < 4.78 is 24.3. The summed E-state index contributed by atoms with van der Waals surface area (Å²) >= 11 is 0. The Kier molecular flexibility index (Phi) is 7.44. The summed E-state index contributed by atoms with van der Waals surface area (Å²) in [4.78, 5) is 17.2. The molecule has 0 N–H and O–H groups in total. The summed E-state index contributed by atoms with van der Waals surface area (Å²) in [5, 5.41) is 0. The third-order valence-electron chi connectivity index (χ3n) is 8.45. The molecule has 3 saturated heterocycles. The molecule has 1 spiro atoms. The normalized spacial score (nSPS) is 37.7. The third kappa shape index (κ3) is 5.12. The standard InChI is InChI=1S/C26H44N2O5/c1-7-27(8-2)14-12-19-15-28(16-19)24(29)32-20-11-13-26(17-31-26)23(22(20)30-6)25(5)21(33-25)10-9-18(3)4/h9,19-23H,7-8,10-17H2,1-6H3/t20-,21-,22-,23?,25+,26+/m1/s1. The molecule has 0 bridgehead atoms. The Morgan fingerprint density at radius 1 is 1.24 bits per heavy atom. The summed E-state index contributed by atoms with van der Waals surface area (Å²) in [5.74, 6) is 0.642. The van der Waals surface area contributed by atoms with Crippen molar-refractivity contribution in [1.29, 1.82) is 0 Å². The number of likely N-dealkylation sites (tertiary alicyclic amines) is 1. The van der Waals surface area contributed by atoms with Crippen LogP contribution in [0.1, 0.15) is 60.3 Å². The molecule has 3 heterocycles. The summed E-state index contributed by atoms with van der Waals surface area (Å²) in [7, 11) is 1.73. The van der Waals surface area contributed by atoms with Gasteiger partial charge in [0.2, 0.25) is 0 Å². The number of methoxy groups -OCH3 is 1. The highest BCUT2D eigenvalue weighted by Gasteiger charge is 2.72. The molecule has 1 saturated carbocycles. The Morgan fingerprint density at radius 3 is 2.52 bits per heavy atom. The summed E-state index contributed by atoms with van der Waals surface area (Å²) in [5.41, 5.74) is 0.805. The average Bonchev–Trinajstić information content (AvgIpc) is 3.66. The van der Waals surface area contributed by atoms with E-state index >= 15 is 0 Å². The number of epoxide rings is 2. The van der Waals surface area contributed by atoms with Crippen LogP contribution in [-0.2, 0) is 18.9 Å². The minimum Gasteiger partial charge on any atom is -0.443 e. The van der Waals surface area contributed by atoms with Crippen molar-refractivity contribution < 1.29 is 23.7 Å². The molecule has 4 aliphatic rings. The lowest BCUT2D eigenvalue weighted by atomic mass is 9.68. The van der Waals surface area contributed by atoms with Crippen LogP contribution in [0, 0.1) is 11.8 Å². The van der Waals surface area contributed by atoms with Crippen molar-refractivity contribution in [2.24, 2.45) is 11.8 Å². The first kappa shape index (κ1) is 25.0. The van der Waals surface area contributed by atoms with E-state index in [0.717, 1.165) is 65.0 Å². The zero-order valence-electron chi connectivity index (χ0n) is 21.5. The van der Waals surface area contributed by atoms with Gasteiger partial charge in [0.1, 0.15) is 23.4 Å². The molecule has 4 rings (SSSR count). The molecular weight excluding hydrogens is 420 g/mol. The van der Waals surface area contributed by atoms with Gasteiger partial charge in [0.15, 0.2) is 0 Å². The second-order valence-corrected chi connectivity index (χ2v) is 10.9. The molecule has 0 radical (unpaired) electrons. The van der Waals surface area contributed by atoms with Crippen LogP contribution in [0.5, 0.6) is 0 Å². The zero-order valence-corrected chi connectivity index (χ0v) is 21.5. The van der Waals surface area contributed by atoms with E-state index in [4.69, 9.17) is 18.9 Å². The Bertz CT molecular complexity index is 724. The van der Waals surface area contributed by atoms with Crippen molar-refractivity contribution in [3.63, 3.8) is 0 Å². The smallest absolute Gasteiger partial charge is 0.410 e. The van der Waals surface area contributed by atoms with Crippen molar-refractivity contribution in [1.82, 2.24) is 9.80 Å². The van der Waals surface area contributed by atoms with Gasteiger partial charge >= 0.3 is 6.09 Å². The van der Waals surface area contributed by atoms with E-state index in [1.165, 1.54) is 5.57 Å². The first-order valence-electron chi connectivity index (χ1n) is 12.9. The number of nitrogens with zero attached hydrogens (tertiary/aromatic N) is 2. The summed E-state index contributed by atoms with van der Waals surface area (Å²) in [6.45, 7) is 16.4. The number of carbonyl (C=O) groups is 1. The third-order valence-corrected chi connectivity index (χ3v) is 8.45. The molecule has 6 atom stereocenters. The maximum atomic E-state index is 12.9. The maximum Gasteiger partial charge on any atom is 0.410 e. The molecule has 7 nitrogen and oxygen atoms in total. The predicted octanol–water partition coefficient (Wildman–Crippen LogP) is 3.86. The predicted molar refractivity (Wildman–Crippen MR) is 127 cm³/mol. The Morgan fingerprint density at radius 2 is 1.94 bits per heavy atom. The quantitative estimate of drug-likeness (QED) is 0.361. The van der Waals surface area contributed by atoms with E-state index in [2.05, 4.69) is 45.6 Å². The van der Waals surface area contributed by atoms with Gasteiger partial charge in [-0.25, -0.2) is 4.79 Å². The molecule has 7 heteroatoms. The monoisotopic (exact) mass is 464 g/mol. The molecule has 3 aliphatic heterocycles. The van der Waals surface area contributed by atoms with Crippen molar-refractivity contribution in [3.05, 3.63) is 11.6 Å². The number of carbonyl (C=O) groups excluding carboxylic acids is 1. The molecule has 0 aromatic rings. The van der Waals surface area contributed by atoms with Crippen molar-refractivity contribution in [3.8, 4) is 0 Å². The lowest BCUT2D eigenvalue weighted by Gasteiger charge is -2.44. The maximum absolute atomic E-state index is 12.9. The number of rotatable bonds is 10. The second kappa shape index (κ2) is 9.84. The minimum absolute atomic E-state index is 0.0651. The average molecular weight is 465 g/mol. The van der Waals surface area contributed by atoms with Gasteiger partial charge in [-0.3, -0.25) is 0 Å². The van der Waals surface area contributed by atoms with Gasteiger partial charge in [0, 0.05) is 20.2 Å². The number of hydrogen-bond acceptors (Lipinski definition) is 6. The molecule has 1 amide bonds. The van der Waals surface area contributed by atoms with E-state index in [1.54, 1.807) is 7.11 Å². The molecule has 33 heavy (non-hydrogen) atoms. The van der Waals surface area contributed by atoms with Crippen molar-refractivity contribution in [2.75, 3.05) is 46.4 Å². The van der Waals surface area contributed by atoms with E-state index in [9.17, 15) is 4.79 Å². The molecule has 0 aromatic heterocycles. The van der Waals surface area contributed by atoms with Crippen molar-refractivity contribution in [2.45, 2.75) is 89.8 Å². The first-order valence-corrected chi connectivity index (χ1v) is 12.9. The van der Waals surface area contributed by atoms with E-state index in [-0.39, 0.29) is 41.5 Å². The van der Waals surface area contributed by atoms with Crippen LogP contribution in [0.3, 0.4) is 0 Å². The van der Waals surface area contributed by atoms with Crippen LogP contribution < -0.4 is 0 Å². The highest BCUT2D eigenvalue weighted by atomic mass is 16.6. The van der Waals surface area contributed by atoms with Crippen LogP contribution in [0.4, 0.5) is 4.79 Å². The van der Waals surface area contributed by atoms with Crippen LogP contribution in [0.15, 0.2) is 11.6 Å². The van der Waals surface area contributed by atoms with Gasteiger partial charge in [-0.05, 0) is 72.0 Å². The topological polar surface area (TPSA) is 67.1 Å². The fourth-order valence-corrected chi connectivity index (χ4v) is 6.08. The molecular formula is C26H44N2O5. The summed E-state index contributed by atoms with van der Waals surface area (Å²) in [6, 6.07) is 0. The zero-order chi connectivity index (χ0) is 23.8. The Hall–Kier alpha value is -1.15. The van der Waals surface area contributed by atoms with Gasteiger partial charge in [-0.15, -0.1) is 0 Å². The first-order chi connectivity index (χ1) is 15.8. The van der Waals surface area contributed by atoms with E-state index < -0.39 is 0 Å². The SMILES string of the molecule is CCN(CC)CCC1CN(C(=O)O[C@@H]2CC[C@]3(CO3)C([C@@]3(C)O[C@@H]3CC=C(C)C)[C@@H]2OC)C1. The van der Waals surface area contributed by atoms with Crippen molar-refractivity contribution >= 4 is 6.09 Å². The molecule has 4 fully saturated rings. The largest absolute Gasteiger partial charge is 0.443 e. The minimum atomic E-state index is -0.305. The van der Waals surface area contributed by atoms with Crippen LogP contribution in [0.2, 0.25) is 0 Å².